The zero-order valence-electron chi connectivity index (χ0n) is 10.7. The number of hydrogen-bond donors (Lipinski definition) is 0. The van der Waals surface area contributed by atoms with Crippen LogP contribution in [0, 0.1) is 5.92 Å². The maximum atomic E-state index is 2.51. The smallest absolute Gasteiger partial charge is 0.00190 e. The van der Waals surface area contributed by atoms with Gasteiger partial charge in [0.15, 0.2) is 0 Å². The minimum Gasteiger partial charge on any atom is -0.304 e. The van der Waals surface area contributed by atoms with Crippen molar-refractivity contribution in [2.75, 3.05) is 39.3 Å². The van der Waals surface area contributed by atoms with Gasteiger partial charge in [0.1, 0.15) is 0 Å². The van der Waals surface area contributed by atoms with Gasteiger partial charge in [0, 0.05) is 13.1 Å². The van der Waals surface area contributed by atoms with Crippen molar-refractivity contribution in [2.45, 2.75) is 34.6 Å². The first kappa shape index (κ1) is 13.9. The molecule has 0 aliphatic rings. The first-order valence-corrected chi connectivity index (χ1v) is 6.12. The summed E-state index contributed by atoms with van der Waals surface area (Å²) in [7, 11) is 0. The summed E-state index contributed by atoms with van der Waals surface area (Å²) in [5.41, 5.74) is 0. The van der Waals surface area contributed by atoms with Crippen LogP contribution in [-0.4, -0.2) is 49.1 Å². The summed E-state index contributed by atoms with van der Waals surface area (Å²) in [6.07, 6.45) is 0. The van der Waals surface area contributed by atoms with Crippen LogP contribution >= 0.6 is 0 Å². The maximum Gasteiger partial charge on any atom is 0.00190 e. The first-order chi connectivity index (χ1) is 6.67. The Morgan fingerprint density at radius 3 is 1.21 bits per heavy atom. The van der Waals surface area contributed by atoms with E-state index in [1.165, 1.54) is 39.3 Å². The van der Waals surface area contributed by atoms with Gasteiger partial charge < -0.3 is 9.80 Å². The van der Waals surface area contributed by atoms with E-state index in [9.17, 15) is 0 Å². The maximum absolute atomic E-state index is 2.51. The summed E-state index contributed by atoms with van der Waals surface area (Å²) < 4.78 is 0. The highest BCUT2D eigenvalue weighted by Gasteiger charge is 2.09. The van der Waals surface area contributed by atoms with Crippen molar-refractivity contribution in [1.82, 2.24) is 9.80 Å². The molecule has 0 bridgehead atoms. The molecule has 0 atom stereocenters. The highest BCUT2D eigenvalue weighted by atomic mass is 15.1. The second kappa shape index (κ2) is 8.25. The van der Waals surface area contributed by atoms with E-state index in [4.69, 9.17) is 0 Å². The Balaban J connectivity index is 3.77. The Bertz CT molecular complexity index is 103. The fourth-order valence-electron chi connectivity index (χ4n) is 1.90. The Morgan fingerprint density at radius 1 is 0.714 bits per heavy atom. The molecule has 0 N–H and O–H groups in total. The molecule has 0 fully saturated rings. The van der Waals surface area contributed by atoms with E-state index >= 15 is 0 Å². The lowest BCUT2D eigenvalue weighted by Crippen LogP contribution is -2.35. The topological polar surface area (TPSA) is 6.48 Å². The van der Waals surface area contributed by atoms with E-state index in [2.05, 4.69) is 44.4 Å². The Kier molecular flexibility index (Phi) is 8.20. The van der Waals surface area contributed by atoms with Gasteiger partial charge in [-0.15, -0.1) is 0 Å². The van der Waals surface area contributed by atoms with Crippen molar-refractivity contribution in [1.29, 1.82) is 0 Å². The van der Waals surface area contributed by atoms with E-state index in [0.717, 1.165) is 5.92 Å². The minimum absolute atomic E-state index is 0.787. The average Bonchev–Trinajstić information content (AvgIpc) is 2.22. The Hall–Kier alpha value is -0.0800. The van der Waals surface area contributed by atoms with Gasteiger partial charge in [0.25, 0.3) is 0 Å². The molecule has 0 aromatic heterocycles. The molecular weight excluding hydrogens is 172 g/mol. The number of nitrogens with zero attached hydrogens (tertiary/aromatic N) is 2. The van der Waals surface area contributed by atoms with Crippen LogP contribution in [-0.2, 0) is 0 Å². The van der Waals surface area contributed by atoms with Crippen LogP contribution in [0.3, 0.4) is 0 Å². The molecule has 14 heavy (non-hydrogen) atoms. The van der Waals surface area contributed by atoms with Crippen molar-refractivity contribution in [2.24, 2.45) is 5.92 Å². The highest BCUT2D eigenvalue weighted by molar-refractivity contribution is 4.64. The summed E-state index contributed by atoms with van der Waals surface area (Å²) in [5, 5.41) is 0. The predicted molar refractivity (Wildman–Crippen MR) is 64.7 cm³/mol. The Morgan fingerprint density at radius 2 is 1.00 bits per heavy atom. The highest BCUT2D eigenvalue weighted by Crippen LogP contribution is 2.02. The third-order valence-electron chi connectivity index (χ3n) is 2.93. The van der Waals surface area contributed by atoms with Crippen molar-refractivity contribution < 1.29 is 0 Å². The summed E-state index contributed by atoms with van der Waals surface area (Å²) in [6.45, 7) is 18.5. The molecule has 2 nitrogen and oxygen atoms in total. The molecule has 0 aromatic rings. The van der Waals surface area contributed by atoms with E-state index in [1.54, 1.807) is 0 Å². The van der Waals surface area contributed by atoms with E-state index < -0.39 is 0 Å². The summed E-state index contributed by atoms with van der Waals surface area (Å²) in [5.74, 6) is 0.787. The van der Waals surface area contributed by atoms with Gasteiger partial charge in [-0.3, -0.25) is 0 Å². The third kappa shape index (κ3) is 5.61. The minimum atomic E-state index is 0.787. The molecule has 0 rings (SSSR count). The fraction of sp³-hybridized carbons (Fsp3) is 1.00. The lowest BCUT2D eigenvalue weighted by atomic mass is 10.1. The second-order valence-electron chi connectivity index (χ2n) is 4.08. The SMILES string of the molecule is CCN(CC)CC(C)CN(CC)CC. The summed E-state index contributed by atoms with van der Waals surface area (Å²) >= 11 is 0. The molecular formula is C12H28N2. The van der Waals surface area contributed by atoms with Crippen LogP contribution in [0.2, 0.25) is 0 Å². The van der Waals surface area contributed by atoms with Gasteiger partial charge in [0.05, 0.1) is 0 Å². The van der Waals surface area contributed by atoms with Crippen LogP contribution < -0.4 is 0 Å². The second-order valence-corrected chi connectivity index (χ2v) is 4.08. The fourth-order valence-corrected chi connectivity index (χ4v) is 1.90. The predicted octanol–water partition coefficient (Wildman–Crippen LogP) is 2.31. The van der Waals surface area contributed by atoms with Crippen LogP contribution in [0.5, 0.6) is 0 Å². The van der Waals surface area contributed by atoms with Gasteiger partial charge in [-0.05, 0) is 32.1 Å². The summed E-state index contributed by atoms with van der Waals surface area (Å²) in [4.78, 5) is 5.02. The largest absolute Gasteiger partial charge is 0.304 e. The van der Waals surface area contributed by atoms with E-state index in [1.807, 2.05) is 0 Å². The zero-order valence-corrected chi connectivity index (χ0v) is 10.7. The van der Waals surface area contributed by atoms with Crippen LogP contribution in [0.25, 0.3) is 0 Å². The number of hydrogen-bond acceptors (Lipinski definition) is 2. The molecule has 0 saturated carbocycles. The van der Waals surface area contributed by atoms with Gasteiger partial charge >= 0.3 is 0 Å². The molecule has 0 heterocycles. The standard InChI is InChI=1S/C12H28N2/c1-6-13(7-2)10-12(5)11-14(8-3)9-4/h12H,6-11H2,1-5H3. The van der Waals surface area contributed by atoms with Crippen LogP contribution in [0.4, 0.5) is 0 Å². The van der Waals surface area contributed by atoms with Gasteiger partial charge in [-0.1, -0.05) is 34.6 Å². The van der Waals surface area contributed by atoms with Crippen molar-refractivity contribution in [3.8, 4) is 0 Å². The molecule has 2 heteroatoms. The zero-order chi connectivity index (χ0) is 11.0. The van der Waals surface area contributed by atoms with Gasteiger partial charge in [-0.25, -0.2) is 0 Å². The van der Waals surface area contributed by atoms with Crippen molar-refractivity contribution >= 4 is 0 Å². The third-order valence-corrected chi connectivity index (χ3v) is 2.93. The molecule has 0 spiro atoms. The van der Waals surface area contributed by atoms with E-state index in [-0.39, 0.29) is 0 Å². The van der Waals surface area contributed by atoms with Crippen molar-refractivity contribution in [3.05, 3.63) is 0 Å². The average molecular weight is 200 g/mol. The molecule has 0 saturated heterocycles. The summed E-state index contributed by atoms with van der Waals surface area (Å²) in [6, 6.07) is 0. The lowest BCUT2D eigenvalue weighted by molar-refractivity contribution is 0.202. The first-order valence-electron chi connectivity index (χ1n) is 6.12. The van der Waals surface area contributed by atoms with Gasteiger partial charge in [0.2, 0.25) is 0 Å². The molecule has 0 amide bonds. The van der Waals surface area contributed by atoms with Crippen LogP contribution in [0.1, 0.15) is 34.6 Å². The molecule has 0 aliphatic heterocycles. The Labute approximate surface area is 90.3 Å². The van der Waals surface area contributed by atoms with Crippen molar-refractivity contribution in [3.63, 3.8) is 0 Å². The van der Waals surface area contributed by atoms with Crippen LogP contribution in [0.15, 0.2) is 0 Å². The lowest BCUT2D eigenvalue weighted by Gasteiger charge is -2.27. The monoisotopic (exact) mass is 200 g/mol. The van der Waals surface area contributed by atoms with Gasteiger partial charge in [-0.2, -0.15) is 0 Å². The number of rotatable bonds is 8. The molecule has 86 valence electrons. The van der Waals surface area contributed by atoms with E-state index in [0.29, 0.717) is 0 Å². The molecule has 0 aliphatic carbocycles. The molecule has 0 unspecified atom stereocenters. The normalized spacial score (nSPS) is 12.0. The molecule has 0 radical (unpaired) electrons. The quantitative estimate of drug-likeness (QED) is 0.593. The molecule has 0 aromatic carbocycles.